The maximum Gasteiger partial charge on any atom is 0.267 e. The fraction of sp³-hybridized carbons (Fsp3) is 0.435. The minimum atomic E-state index is 0.0542. The second-order valence-corrected chi connectivity index (χ2v) is 10.1. The highest BCUT2D eigenvalue weighted by molar-refractivity contribution is 7.99. The molecule has 6 heteroatoms. The van der Waals surface area contributed by atoms with E-state index in [1.54, 1.807) is 23.1 Å². The first-order chi connectivity index (χ1) is 14.0. The lowest BCUT2D eigenvalue weighted by molar-refractivity contribution is 0.509. The number of fused-ring (bicyclic) bond motifs is 3. The van der Waals surface area contributed by atoms with Crippen molar-refractivity contribution < 1.29 is 0 Å². The van der Waals surface area contributed by atoms with Gasteiger partial charge in [-0.15, -0.1) is 11.3 Å². The molecule has 4 nitrogen and oxygen atoms in total. The van der Waals surface area contributed by atoms with E-state index in [0.717, 1.165) is 63.6 Å². The lowest BCUT2D eigenvalue weighted by Crippen LogP contribution is -2.23. The van der Waals surface area contributed by atoms with Crippen molar-refractivity contribution in [2.75, 3.05) is 5.75 Å². The summed E-state index contributed by atoms with van der Waals surface area (Å²) in [5, 5.41) is 10.4. The van der Waals surface area contributed by atoms with Gasteiger partial charge in [-0.2, -0.15) is 5.26 Å². The predicted molar refractivity (Wildman–Crippen MR) is 121 cm³/mol. The van der Waals surface area contributed by atoms with Crippen molar-refractivity contribution in [3.63, 3.8) is 0 Å². The van der Waals surface area contributed by atoms with Crippen LogP contribution in [-0.2, 0) is 12.8 Å². The number of nitriles is 1. The standard InChI is InChI=1S/C23H25N3OS2/c1-14-6-8-16(3)18(12-14)26-22(27)20-17-9-7-15(2)13-19(17)29-21(20)25-23(26)28-11-5-4-10-24/h6,8,12,15H,4-5,7,9,11,13H2,1-3H3/t15-/m1/s1. The number of hydrogen-bond acceptors (Lipinski definition) is 5. The van der Waals surface area contributed by atoms with E-state index in [9.17, 15) is 4.79 Å². The summed E-state index contributed by atoms with van der Waals surface area (Å²) in [6.45, 7) is 6.37. The molecule has 0 spiro atoms. The van der Waals surface area contributed by atoms with Crippen molar-refractivity contribution in [2.24, 2.45) is 5.92 Å². The first-order valence-corrected chi connectivity index (χ1v) is 11.9. The summed E-state index contributed by atoms with van der Waals surface area (Å²) < 4.78 is 1.81. The van der Waals surface area contributed by atoms with Crippen LogP contribution in [0, 0.1) is 31.1 Å². The van der Waals surface area contributed by atoms with E-state index in [-0.39, 0.29) is 5.56 Å². The molecule has 1 aliphatic rings. The lowest BCUT2D eigenvalue weighted by atomic mass is 9.89. The molecule has 0 radical (unpaired) electrons. The molecule has 1 aromatic carbocycles. The zero-order valence-electron chi connectivity index (χ0n) is 17.1. The van der Waals surface area contributed by atoms with E-state index in [1.807, 2.05) is 18.4 Å². The Morgan fingerprint density at radius 2 is 2.21 bits per heavy atom. The van der Waals surface area contributed by atoms with Crippen LogP contribution >= 0.6 is 23.1 Å². The first kappa shape index (κ1) is 20.2. The van der Waals surface area contributed by atoms with Gasteiger partial charge in [0, 0.05) is 17.1 Å². The molecule has 0 amide bonds. The van der Waals surface area contributed by atoms with Crippen molar-refractivity contribution in [1.82, 2.24) is 9.55 Å². The third-order valence-corrected chi connectivity index (χ3v) is 7.74. The summed E-state index contributed by atoms with van der Waals surface area (Å²) in [6, 6.07) is 8.41. The van der Waals surface area contributed by atoms with Crippen LogP contribution < -0.4 is 5.56 Å². The molecule has 0 N–H and O–H groups in total. The first-order valence-electron chi connectivity index (χ1n) is 10.1. The molecule has 1 atom stereocenters. The van der Waals surface area contributed by atoms with E-state index in [1.165, 1.54) is 10.4 Å². The predicted octanol–water partition coefficient (Wildman–Crippen LogP) is 5.58. The molecular formula is C23H25N3OS2. The second-order valence-electron chi connectivity index (χ2n) is 7.97. The van der Waals surface area contributed by atoms with Crippen LogP contribution in [0.1, 0.15) is 47.8 Å². The van der Waals surface area contributed by atoms with Crippen LogP contribution in [0.4, 0.5) is 0 Å². The molecule has 1 aliphatic carbocycles. The SMILES string of the molecule is Cc1ccc(C)c(-n2c(SCCCC#N)nc3sc4c(c3c2=O)CC[C@@H](C)C4)c1. The van der Waals surface area contributed by atoms with E-state index in [4.69, 9.17) is 10.2 Å². The largest absolute Gasteiger partial charge is 0.268 e. The van der Waals surface area contributed by atoms with E-state index in [0.29, 0.717) is 12.3 Å². The zero-order chi connectivity index (χ0) is 20.5. The van der Waals surface area contributed by atoms with Gasteiger partial charge in [-0.05, 0) is 68.2 Å². The van der Waals surface area contributed by atoms with Gasteiger partial charge in [-0.3, -0.25) is 9.36 Å². The highest BCUT2D eigenvalue weighted by Crippen LogP contribution is 2.37. The molecule has 0 fully saturated rings. The molecule has 2 aromatic heterocycles. The highest BCUT2D eigenvalue weighted by Gasteiger charge is 2.25. The molecule has 0 unspecified atom stereocenters. The monoisotopic (exact) mass is 423 g/mol. The van der Waals surface area contributed by atoms with Crippen LogP contribution in [-0.4, -0.2) is 15.3 Å². The van der Waals surface area contributed by atoms with Gasteiger partial charge in [0.2, 0.25) is 0 Å². The third kappa shape index (κ3) is 3.86. The van der Waals surface area contributed by atoms with Crippen molar-refractivity contribution in [1.29, 1.82) is 5.26 Å². The van der Waals surface area contributed by atoms with Crippen molar-refractivity contribution in [3.8, 4) is 11.8 Å². The summed E-state index contributed by atoms with van der Waals surface area (Å²) in [5.74, 6) is 1.44. The number of hydrogen-bond donors (Lipinski definition) is 0. The summed E-state index contributed by atoms with van der Waals surface area (Å²) in [4.78, 5) is 21.0. The van der Waals surface area contributed by atoms with Crippen LogP contribution in [0.3, 0.4) is 0 Å². The van der Waals surface area contributed by atoms with Gasteiger partial charge in [-0.25, -0.2) is 4.98 Å². The Hall–Kier alpha value is -2.10. The molecule has 4 rings (SSSR count). The summed E-state index contributed by atoms with van der Waals surface area (Å²) in [6.07, 6.45) is 4.46. The summed E-state index contributed by atoms with van der Waals surface area (Å²) >= 11 is 3.28. The average molecular weight is 424 g/mol. The van der Waals surface area contributed by atoms with Crippen molar-refractivity contribution >= 4 is 33.3 Å². The molecular weight excluding hydrogens is 398 g/mol. The number of aryl methyl sites for hydroxylation is 3. The van der Waals surface area contributed by atoms with Crippen molar-refractivity contribution in [2.45, 2.75) is 58.0 Å². The van der Waals surface area contributed by atoms with Gasteiger partial charge in [0.05, 0.1) is 17.1 Å². The molecule has 0 bridgehead atoms. The molecule has 0 saturated carbocycles. The Morgan fingerprint density at radius 1 is 1.38 bits per heavy atom. The Bertz CT molecular complexity index is 1170. The fourth-order valence-corrected chi connectivity index (χ4v) is 6.32. The van der Waals surface area contributed by atoms with Gasteiger partial charge in [0.1, 0.15) is 4.83 Å². The van der Waals surface area contributed by atoms with E-state index in [2.05, 4.69) is 31.2 Å². The number of thiophene rings is 1. The second kappa shape index (κ2) is 8.33. The average Bonchev–Trinajstić information content (AvgIpc) is 3.05. The Kier molecular flexibility index (Phi) is 5.80. The number of unbranched alkanes of at least 4 members (excludes halogenated alkanes) is 1. The number of nitrogens with zero attached hydrogens (tertiary/aromatic N) is 3. The highest BCUT2D eigenvalue weighted by atomic mass is 32.2. The lowest BCUT2D eigenvalue weighted by Gasteiger charge is -2.18. The molecule has 0 aliphatic heterocycles. The minimum absolute atomic E-state index is 0.0542. The normalized spacial score (nSPS) is 16.0. The molecule has 2 heterocycles. The van der Waals surface area contributed by atoms with Gasteiger partial charge in [-0.1, -0.05) is 30.8 Å². The fourth-order valence-electron chi connectivity index (χ4n) is 3.96. The molecule has 29 heavy (non-hydrogen) atoms. The van der Waals surface area contributed by atoms with Gasteiger partial charge in [0.25, 0.3) is 5.56 Å². The zero-order valence-corrected chi connectivity index (χ0v) is 18.8. The summed E-state index contributed by atoms with van der Waals surface area (Å²) in [7, 11) is 0. The number of aromatic nitrogens is 2. The molecule has 3 aromatic rings. The topological polar surface area (TPSA) is 58.7 Å². The van der Waals surface area contributed by atoms with Crippen LogP contribution in [0.25, 0.3) is 15.9 Å². The maximum absolute atomic E-state index is 13.8. The number of thioether (sulfide) groups is 1. The van der Waals surface area contributed by atoms with Crippen LogP contribution in [0.15, 0.2) is 28.2 Å². The summed E-state index contributed by atoms with van der Waals surface area (Å²) in [5.41, 5.74) is 4.38. The number of rotatable bonds is 5. The van der Waals surface area contributed by atoms with Gasteiger partial charge < -0.3 is 0 Å². The van der Waals surface area contributed by atoms with E-state index < -0.39 is 0 Å². The quantitative estimate of drug-likeness (QED) is 0.305. The third-order valence-electron chi connectivity index (χ3n) is 5.57. The molecule has 0 saturated heterocycles. The van der Waals surface area contributed by atoms with Gasteiger partial charge in [0.15, 0.2) is 5.16 Å². The number of benzene rings is 1. The Balaban J connectivity index is 1.92. The van der Waals surface area contributed by atoms with Crippen LogP contribution in [0.5, 0.6) is 0 Å². The minimum Gasteiger partial charge on any atom is -0.268 e. The Morgan fingerprint density at radius 3 is 3.00 bits per heavy atom. The van der Waals surface area contributed by atoms with Crippen LogP contribution in [0.2, 0.25) is 0 Å². The van der Waals surface area contributed by atoms with E-state index >= 15 is 0 Å². The maximum atomic E-state index is 13.8. The molecule has 150 valence electrons. The van der Waals surface area contributed by atoms with Crippen molar-refractivity contribution in [3.05, 3.63) is 50.1 Å². The van der Waals surface area contributed by atoms with Gasteiger partial charge >= 0.3 is 0 Å². The Labute approximate surface area is 179 Å². The smallest absolute Gasteiger partial charge is 0.267 e.